The Morgan fingerprint density at radius 2 is 2.08 bits per heavy atom. The van der Waals surface area contributed by atoms with Gasteiger partial charge in [-0.05, 0) is 0 Å². The number of hydrogen-bond donors (Lipinski definition) is 2. The van der Waals surface area contributed by atoms with Crippen molar-refractivity contribution in [2.24, 2.45) is 5.73 Å². The minimum atomic E-state index is -0.989. The van der Waals surface area contributed by atoms with Crippen LogP contribution in [0.15, 0.2) is 0 Å². The minimum Gasteiger partial charge on any atom is -0.480 e. The molecule has 1 atom stereocenters. The molecule has 5 nitrogen and oxygen atoms in total. The molecule has 1 unspecified atom stereocenters. The van der Waals surface area contributed by atoms with E-state index in [1.54, 1.807) is 0 Å². The maximum atomic E-state index is 10.9. The third-order valence-corrected chi connectivity index (χ3v) is 2.19. The van der Waals surface area contributed by atoms with Crippen LogP contribution in [0.4, 0.5) is 0 Å². The predicted octanol–water partition coefficient (Wildman–Crippen LogP) is -0.937. The maximum Gasteiger partial charge on any atom is 0.321 e. The van der Waals surface area contributed by atoms with Gasteiger partial charge in [-0.15, -0.1) is 0 Å². The number of Topliss-reactive ketones (excluding diaryl/α,β-unsaturated/α-hetero) is 1. The van der Waals surface area contributed by atoms with E-state index in [0.29, 0.717) is 32.5 Å². The van der Waals surface area contributed by atoms with Gasteiger partial charge < -0.3 is 15.7 Å². The van der Waals surface area contributed by atoms with E-state index in [4.69, 9.17) is 10.8 Å². The van der Waals surface area contributed by atoms with Crippen molar-refractivity contribution in [3.8, 4) is 0 Å². The molecule has 1 aliphatic rings. The summed E-state index contributed by atoms with van der Waals surface area (Å²) in [4.78, 5) is 23.2. The van der Waals surface area contributed by atoms with Crippen molar-refractivity contribution in [1.82, 2.24) is 4.90 Å². The fourth-order valence-electron chi connectivity index (χ4n) is 1.34. The van der Waals surface area contributed by atoms with E-state index in [9.17, 15) is 9.59 Å². The van der Waals surface area contributed by atoms with Gasteiger partial charge in [-0.3, -0.25) is 9.59 Å². The first kappa shape index (κ1) is 10.1. The van der Waals surface area contributed by atoms with Gasteiger partial charge in [-0.2, -0.15) is 0 Å². The van der Waals surface area contributed by atoms with Crippen LogP contribution in [0, 0.1) is 0 Å². The fraction of sp³-hybridized carbons (Fsp3) is 0.750. The number of aliphatic carboxylic acids is 1. The lowest BCUT2D eigenvalue weighted by Crippen LogP contribution is -2.45. The number of likely N-dealkylation sites (tertiary alicyclic amines) is 1. The Morgan fingerprint density at radius 3 is 2.54 bits per heavy atom. The van der Waals surface area contributed by atoms with Gasteiger partial charge in [0.2, 0.25) is 0 Å². The van der Waals surface area contributed by atoms with Crippen molar-refractivity contribution in [2.75, 3.05) is 19.6 Å². The highest BCUT2D eigenvalue weighted by molar-refractivity contribution is 5.79. The lowest BCUT2D eigenvalue weighted by Gasteiger charge is -2.26. The van der Waals surface area contributed by atoms with Crippen molar-refractivity contribution < 1.29 is 14.7 Å². The summed E-state index contributed by atoms with van der Waals surface area (Å²) in [5.41, 5.74) is 5.36. The number of nitrogens with two attached hydrogens (primary N) is 1. The molecule has 0 aromatic carbocycles. The Balaban J connectivity index is 2.30. The van der Waals surface area contributed by atoms with Gasteiger partial charge in [0.15, 0.2) is 0 Å². The summed E-state index contributed by atoms with van der Waals surface area (Å²) >= 11 is 0. The highest BCUT2D eigenvalue weighted by Crippen LogP contribution is 2.05. The molecule has 13 heavy (non-hydrogen) atoms. The second-order valence-electron chi connectivity index (χ2n) is 3.28. The number of nitrogens with zero attached hydrogens (tertiary/aromatic N) is 1. The SMILES string of the molecule is NC(CN1CCC(=O)CC1)C(=O)O. The molecule has 1 aliphatic heterocycles. The van der Waals surface area contributed by atoms with Gasteiger partial charge in [0.05, 0.1) is 0 Å². The molecule has 5 heteroatoms. The van der Waals surface area contributed by atoms with Crippen LogP contribution in [0.5, 0.6) is 0 Å². The van der Waals surface area contributed by atoms with Crippen LogP contribution in [0.1, 0.15) is 12.8 Å². The molecule has 1 saturated heterocycles. The number of ketones is 1. The highest BCUT2D eigenvalue weighted by atomic mass is 16.4. The summed E-state index contributed by atoms with van der Waals surface area (Å²) in [7, 11) is 0. The topological polar surface area (TPSA) is 83.6 Å². The van der Waals surface area contributed by atoms with Crippen LogP contribution in [-0.4, -0.2) is 47.4 Å². The van der Waals surface area contributed by atoms with Crippen LogP contribution >= 0.6 is 0 Å². The molecule has 1 heterocycles. The monoisotopic (exact) mass is 186 g/mol. The molecule has 3 N–H and O–H groups in total. The van der Waals surface area contributed by atoms with Crippen LogP contribution in [0.25, 0.3) is 0 Å². The molecule has 1 rings (SSSR count). The zero-order valence-electron chi connectivity index (χ0n) is 7.40. The van der Waals surface area contributed by atoms with Gasteiger partial charge in [-0.1, -0.05) is 0 Å². The number of carboxylic acids is 1. The zero-order valence-corrected chi connectivity index (χ0v) is 7.40. The Hall–Kier alpha value is -0.940. The summed E-state index contributed by atoms with van der Waals surface area (Å²) in [6.07, 6.45) is 1.04. The zero-order chi connectivity index (χ0) is 9.84. The molecule has 0 bridgehead atoms. The lowest BCUT2D eigenvalue weighted by atomic mass is 10.1. The average Bonchev–Trinajstić information content (AvgIpc) is 2.08. The molecular weight excluding hydrogens is 172 g/mol. The molecule has 0 aliphatic carbocycles. The highest BCUT2D eigenvalue weighted by Gasteiger charge is 2.20. The first-order valence-electron chi connectivity index (χ1n) is 4.32. The molecule has 0 saturated carbocycles. The molecule has 1 fully saturated rings. The second kappa shape index (κ2) is 4.34. The number of rotatable bonds is 3. The van der Waals surface area contributed by atoms with E-state index in [-0.39, 0.29) is 5.78 Å². The van der Waals surface area contributed by atoms with Crippen LogP contribution in [0.2, 0.25) is 0 Å². The minimum absolute atomic E-state index is 0.250. The third-order valence-electron chi connectivity index (χ3n) is 2.19. The largest absolute Gasteiger partial charge is 0.480 e. The number of carbonyl (C=O) groups excluding carboxylic acids is 1. The van der Waals surface area contributed by atoms with Crippen molar-refractivity contribution in [1.29, 1.82) is 0 Å². The molecule has 0 aromatic heterocycles. The van der Waals surface area contributed by atoms with Gasteiger partial charge in [0, 0.05) is 32.5 Å². The van der Waals surface area contributed by atoms with Gasteiger partial charge >= 0.3 is 5.97 Å². The molecule has 0 radical (unpaired) electrons. The summed E-state index contributed by atoms with van der Waals surface area (Å²) in [5.74, 6) is -0.739. The fourth-order valence-corrected chi connectivity index (χ4v) is 1.34. The van der Waals surface area contributed by atoms with Gasteiger partial charge in [-0.25, -0.2) is 0 Å². The van der Waals surface area contributed by atoms with Crippen LogP contribution in [0.3, 0.4) is 0 Å². The van der Waals surface area contributed by atoms with Crippen molar-refractivity contribution in [2.45, 2.75) is 18.9 Å². The molecule has 74 valence electrons. The van der Waals surface area contributed by atoms with Crippen molar-refractivity contribution in [3.63, 3.8) is 0 Å². The molecular formula is C8H14N2O3. The number of piperidine rings is 1. The van der Waals surface area contributed by atoms with Crippen molar-refractivity contribution in [3.05, 3.63) is 0 Å². The first-order valence-corrected chi connectivity index (χ1v) is 4.32. The lowest BCUT2D eigenvalue weighted by molar-refractivity contribution is -0.139. The quantitative estimate of drug-likeness (QED) is 0.594. The number of carbonyl (C=O) groups is 2. The van der Waals surface area contributed by atoms with E-state index in [1.165, 1.54) is 0 Å². The molecule has 0 spiro atoms. The van der Waals surface area contributed by atoms with E-state index >= 15 is 0 Å². The number of carboxylic acid groups (broad SMARTS) is 1. The van der Waals surface area contributed by atoms with Crippen molar-refractivity contribution >= 4 is 11.8 Å². The summed E-state index contributed by atoms with van der Waals surface area (Å²) in [5, 5.41) is 8.55. The standard InChI is InChI=1S/C8H14N2O3/c9-7(8(12)13)5-10-3-1-6(11)2-4-10/h7H,1-5,9H2,(H,12,13). The van der Waals surface area contributed by atoms with Crippen LogP contribution in [-0.2, 0) is 9.59 Å². The Morgan fingerprint density at radius 1 is 1.54 bits per heavy atom. The third kappa shape index (κ3) is 3.12. The predicted molar refractivity (Wildman–Crippen MR) is 46.3 cm³/mol. The summed E-state index contributed by atoms with van der Waals surface area (Å²) in [6.45, 7) is 1.61. The summed E-state index contributed by atoms with van der Waals surface area (Å²) < 4.78 is 0. The second-order valence-corrected chi connectivity index (χ2v) is 3.28. The first-order chi connectivity index (χ1) is 6.09. The Bertz CT molecular complexity index is 207. The summed E-state index contributed by atoms with van der Waals surface area (Å²) in [6, 6.07) is -0.840. The van der Waals surface area contributed by atoms with Gasteiger partial charge in [0.1, 0.15) is 11.8 Å². The van der Waals surface area contributed by atoms with E-state index in [0.717, 1.165) is 0 Å². The normalized spacial score (nSPS) is 21.5. The maximum absolute atomic E-state index is 10.9. The smallest absolute Gasteiger partial charge is 0.321 e. The van der Waals surface area contributed by atoms with E-state index in [1.807, 2.05) is 4.90 Å². The Kier molecular flexibility index (Phi) is 3.39. The molecule has 0 aromatic rings. The Labute approximate surface area is 76.5 Å². The van der Waals surface area contributed by atoms with E-state index in [2.05, 4.69) is 0 Å². The van der Waals surface area contributed by atoms with Crippen LogP contribution < -0.4 is 5.73 Å². The van der Waals surface area contributed by atoms with E-state index < -0.39 is 12.0 Å². The molecule has 0 amide bonds. The average molecular weight is 186 g/mol. The number of hydrogen-bond acceptors (Lipinski definition) is 4. The van der Waals surface area contributed by atoms with Gasteiger partial charge in [0.25, 0.3) is 0 Å².